The zero-order valence-corrected chi connectivity index (χ0v) is 26.8. The summed E-state index contributed by atoms with van der Waals surface area (Å²) in [5.41, 5.74) is 9.03. The van der Waals surface area contributed by atoms with Gasteiger partial charge in [0.25, 0.3) is 0 Å². The summed E-state index contributed by atoms with van der Waals surface area (Å²) in [5, 5.41) is 10.1. The lowest BCUT2D eigenvalue weighted by Crippen LogP contribution is -2.04. The number of hydrogen-bond acceptors (Lipinski definition) is 3. The Bertz CT molecular complexity index is 3150. The van der Waals surface area contributed by atoms with E-state index >= 15 is 0 Å². The average molecular weight is 638 g/mol. The number of hydrogen-bond donors (Lipinski definition) is 0. The fourth-order valence-electron chi connectivity index (χ4n) is 7.91. The van der Waals surface area contributed by atoms with Crippen LogP contribution >= 0.6 is 0 Å². The fraction of sp³-hybridized carbons (Fsp3) is 0. The topological polar surface area (TPSA) is 43.9 Å². The smallest absolute Gasteiger partial charge is 0.235 e. The summed E-state index contributed by atoms with van der Waals surface area (Å²) in [7, 11) is 0. The van der Waals surface area contributed by atoms with Crippen LogP contribution in [-0.2, 0) is 0 Å². The first-order valence-corrected chi connectivity index (χ1v) is 16.9. The van der Waals surface area contributed by atoms with Gasteiger partial charge in [0.05, 0.1) is 22.2 Å². The molecule has 0 radical (unpaired) electrons. The number of fused-ring (bicyclic) bond motifs is 12. The average Bonchev–Trinajstić information content (AvgIpc) is 3.74. The highest BCUT2D eigenvalue weighted by Gasteiger charge is 2.24. The van der Waals surface area contributed by atoms with E-state index in [1.165, 1.54) is 10.8 Å². The SMILES string of the molecule is c1ccc(-c2nc(-n3c4ccccc4c4c5c6ccccc6oc5c5ccccc5c43)nc3cc(-c4ccc5ccccc5c4)ccc23)cc1. The maximum atomic E-state index is 6.61. The molecule has 0 amide bonds. The molecule has 50 heavy (non-hydrogen) atoms. The maximum absolute atomic E-state index is 6.61. The molecule has 0 N–H and O–H groups in total. The maximum Gasteiger partial charge on any atom is 0.235 e. The van der Waals surface area contributed by atoms with Gasteiger partial charge in [-0.1, -0.05) is 133 Å². The van der Waals surface area contributed by atoms with Crippen LogP contribution in [0.1, 0.15) is 0 Å². The molecule has 0 aliphatic carbocycles. The van der Waals surface area contributed by atoms with E-state index in [9.17, 15) is 0 Å². The third-order valence-corrected chi connectivity index (χ3v) is 10.2. The summed E-state index contributed by atoms with van der Waals surface area (Å²) >= 11 is 0. The second-order valence-corrected chi connectivity index (χ2v) is 13.0. The van der Waals surface area contributed by atoms with Gasteiger partial charge in [0.1, 0.15) is 11.2 Å². The third-order valence-electron chi connectivity index (χ3n) is 10.2. The summed E-state index contributed by atoms with van der Waals surface area (Å²) in [6.45, 7) is 0. The first-order chi connectivity index (χ1) is 24.8. The van der Waals surface area contributed by atoms with Gasteiger partial charge in [-0.2, -0.15) is 0 Å². The minimum Gasteiger partial charge on any atom is -0.455 e. The minimum absolute atomic E-state index is 0.635. The molecule has 0 saturated carbocycles. The molecule has 0 fully saturated rings. The van der Waals surface area contributed by atoms with Gasteiger partial charge in [-0.3, -0.25) is 4.57 Å². The van der Waals surface area contributed by atoms with Crippen molar-refractivity contribution in [2.45, 2.75) is 0 Å². The van der Waals surface area contributed by atoms with Gasteiger partial charge in [-0.25, -0.2) is 9.97 Å². The molecule has 232 valence electrons. The van der Waals surface area contributed by atoms with Crippen molar-refractivity contribution in [2.75, 3.05) is 0 Å². The standard InChI is InChI=1S/C46H27N3O/c1-2-13-29(14-3-1)43-35-25-24-32(31-23-22-28-12-4-5-15-30(28)26-31)27-38(35)47-46(48-43)49-39-20-10-8-18-36(39)41-42-37-19-9-11-21-40(37)50-45(42)34-17-7-6-16-33(34)44(41)49/h1-27H. The van der Waals surface area contributed by atoms with E-state index in [0.717, 1.165) is 87.8 Å². The summed E-state index contributed by atoms with van der Waals surface area (Å²) in [6.07, 6.45) is 0. The number of para-hydroxylation sites is 2. The summed E-state index contributed by atoms with van der Waals surface area (Å²) in [5.74, 6) is 0.635. The van der Waals surface area contributed by atoms with Gasteiger partial charge >= 0.3 is 0 Å². The van der Waals surface area contributed by atoms with E-state index in [0.29, 0.717) is 5.95 Å². The van der Waals surface area contributed by atoms with Gasteiger partial charge in [0.2, 0.25) is 5.95 Å². The molecule has 0 aliphatic rings. The molecule has 0 atom stereocenters. The Kier molecular flexibility index (Phi) is 5.63. The van der Waals surface area contributed by atoms with E-state index in [-0.39, 0.29) is 0 Å². The lowest BCUT2D eigenvalue weighted by molar-refractivity contribution is 0.673. The second-order valence-electron chi connectivity index (χ2n) is 13.0. The summed E-state index contributed by atoms with van der Waals surface area (Å²) < 4.78 is 8.88. The molecular weight excluding hydrogens is 611 g/mol. The Hall–Kier alpha value is -6.78. The Labute approximate surface area is 286 Å². The highest BCUT2D eigenvalue weighted by atomic mass is 16.3. The molecule has 11 rings (SSSR count). The van der Waals surface area contributed by atoms with Crippen LogP contribution in [0.15, 0.2) is 168 Å². The van der Waals surface area contributed by atoms with E-state index in [2.05, 4.69) is 156 Å². The number of aromatic nitrogens is 3. The molecule has 0 spiro atoms. The third kappa shape index (κ3) is 3.87. The largest absolute Gasteiger partial charge is 0.455 e. The highest BCUT2D eigenvalue weighted by Crippen LogP contribution is 2.46. The first-order valence-electron chi connectivity index (χ1n) is 16.9. The fourth-order valence-corrected chi connectivity index (χ4v) is 7.91. The molecule has 0 bridgehead atoms. The van der Waals surface area contributed by atoms with Crippen molar-refractivity contribution in [3.05, 3.63) is 164 Å². The lowest BCUT2D eigenvalue weighted by atomic mass is 9.99. The second kappa shape index (κ2) is 10.4. The molecule has 0 unspecified atom stereocenters. The van der Waals surface area contributed by atoms with Crippen LogP contribution in [0.25, 0.3) is 105 Å². The van der Waals surface area contributed by atoms with Crippen LogP contribution in [0.4, 0.5) is 0 Å². The molecule has 0 saturated heterocycles. The van der Waals surface area contributed by atoms with Gasteiger partial charge in [0, 0.05) is 43.3 Å². The predicted molar refractivity (Wildman–Crippen MR) is 207 cm³/mol. The molecule has 3 heterocycles. The Morgan fingerprint density at radius 1 is 0.440 bits per heavy atom. The van der Waals surface area contributed by atoms with Crippen molar-refractivity contribution >= 4 is 76.2 Å². The molecule has 4 nitrogen and oxygen atoms in total. The van der Waals surface area contributed by atoms with Crippen LogP contribution in [-0.4, -0.2) is 14.5 Å². The zero-order chi connectivity index (χ0) is 32.8. The number of rotatable bonds is 3. The van der Waals surface area contributed by atoms with E-state index in [4.69, 9.17) is 14.4 Å². The number of furan rings is 1. The molecule has 0 aliphatic heterocycles. The van der Waals surface area contributed by atoms with Gasteiger partial charge in [0.15, 0.2) is 0 Å². The monoisotopic (exact) mass is 637 g/mol. The zero-order valence-electron chi connectivity index (χ0n) is 26.8. The van der Waals surface area contributed by atoms with E-state index in [1.807, 2.05) is 12.1 Å². The van der Waals surface area contributed by atoms with Crippen LogP contribution in [0, 0.1) is 0 Å². The predicted octanol–water partition coefficient (Wildman–Crippen LogP) is 12.3. The van der Waals surface area contributed by atoms with Crippen molar-refractivity contribution in [3.8, 4) is 28.3 Å². The number of nitrogens with zero attached hydrogens (tertiary/aromatic N) is 3. The molecule has 8 aromatic carbocycles. The Morgan fingerprint density at radius 3 is 2.00 bits per heavy atom. The van der Waals surface area contributed by atoms with Crippen molar-refractivity contribution in [1.82, 2.24) is 14.5 Å². The van der Waals surface area contributed by atoms with Crippen molar-refractivity contribution in [2.24, 2.45) is 0 Å². The van der Waals surface area contributed by atoms with Crippen molar-refractivity contribution < 1.29 is 4.42 Å². The molecule has 3 aromatic heterocycles. The molecule has 11 aromatic rings. The van der Waals surface area contributed by atoms with Crippen LogP contribution in [0.2, 0.25) is 0 Å². The quantitative estimate of drug-likeness (QED) is 0.194. The molecular formula is C46H27N3O. The Balaban J connectivity index is 1.28. The number of benzene rings is 8. The normalized spacial score (nSPS) is 12.0. The van der Waals surface area contributed by atoms with E-state index in [1.54, 1.807) is 0 Å². The van der Waals surface area contributed by atoms with Gasteiger partial charge < -0.3 is 4.42 Å². The summed E-state index contributed by atoms with van der Waals surface area (Å²) in [6, 6.07) is 57.7. The van der Waals surface area contributed by atoms with Crippen molar-refractivity contribution in [1.29, 1.82) is 0 Å². The first kappa shape index (κ1) is 27.2. The highest BCUT2D eigenvalue weighted by molar-refractivity contribution is 6.35. The van der Waals surface area contributed by atoms with Crippen LogP contribution in [0.3, 0.4) is 0 Å². The van der Waals surface area contributed by atoms with Crippen LogP contribution in [0.5, 0.6) is 0 Å². The van der Waals surface area contributed by atoms with Crippen LogP contribution < -0.4 is 0 Å². The minimum atomic E-state index is 0.635. The lowest BCUT2D eigenvalue weighted by Gasteiger charge is -2.14. The van der Waals surface area contributed by atoms with E-state index < -0.39 is 0 Å². The van der Waals surface area contributed by atoms with Gasteiger partial charge in [-0.05, 0) is 52.2 Å². The molecule has 4 heteroatoms. The van der Waals surface area contributed by atoms with Crippen molar-refractivity contribution in [3.63, 3.8) is 0 Å². The Morgan fingerprint density at radius 2 is 1.12 bits per heavy atom. The summed E-state index contributed by atoms with van der Waals surface area (Å²) in [4.78, 5) is 10.8. The van der Waals surface area contributed by atoms with Gasteiger partial charge in [-0.15, -0.1) is 0 Å².